The molecule has 0 radical (unpaired) electrons. The Morgan fingerprint density at radius 1 is 1.13 bits per heavy atom. The number of allylic oxidation sites excluding steroid dienone is 2. The lowest BCUT2D eigenvalue weighted by Gasteiger charge is -2.38. The van der Waals surface area contributed by atoms with Crippen molar-refractivity contribution in [1.82, 2.24) is 0 Å². The van der Waals surface area contributed by atoms with Gasteiger partial charge in [0.25, 0.3) is 0 Å². The van der Waals surface area contributed by atoms with Crippen molar-refractivity contribution in [2.45, 2.75) is 25.3 Å². The molecule has 2 aromatic rings. The zero-order valence-electron chi connectivity index (χ0n) is 13.3. The minimum Gasteiger partial charge on any atom is -0.496 e. The maximum absolute atomic E-state index is 5.63. The van der Waals surface area contributed by atoms with Gasteiger partial charge in [0.2, 0.25) is 0 Å². The van der Waals surface area contributed by atoms with Crippen LogP contribution in [0.3, 0.4) is 0 Å². The first-order valence-electron chi connectivity index (χ1n) is 8.04. The molecular formula is C20H20BrNO. The first-order valence-corrected chi connectivity index (χ1v) is 8.84. The number of benzene rings is 2. The minimum absolute atomic E-state index is 0.262. The van der Waals surface area contributed by atoms with Gasteiger partial charge in [0.1, 0.15) is 5.75 Å². The Balaban J connectivity index is 1.82. The summed E-state index contributed by atoms with van der Waals surface area (Å²) in [6.45, 7) is 2.16. The molecule has 1 aliphatic heterocycles. The number of halogens is 1. The molecule has 0 spiro atoms. The van der Waals surface area contributed by atoms with Gasteiger partial charge in [0.15, 0.2) is 0 Å². The third-order valence-electron chi connectivity index (χ3n) is 5.05. The van der Waals surface area contributed by atoms with Gasteiger partial charge in [0.05, 0.1) is 13.2 Å². The smallest absolute Gasteiger partial charge is 0.124 e. The second-order valence-electron chi connectivity index (χ2n) is 6.45. The van der Waals surface area contributed by atoms with E-state index in [1.807, 2.05) is 12.1 Å². The van der Waals surface area contributed by atoms with Crippen molar-refractivity contribution in [1.29, 1.82) is 0 Å². The van der Waals surface area contributed by atoms with Crippen LogP contribution in [0.4, 0.5) is 5.69 Å². The molecule has 23 heavy (non-hydrogen) atoms. The third-order valence-corrected chi connectivity index (χ3v) is 5.54. The van der Waals surface area contributed by atoms with Crippen molar-refractivity contribution >= 4 is 21.6 Å². The highest BCUT2D eigenvalue weighted by molar-refractivity contribution is 9.10. The summed E-state index contributed by atoms with van der Waals surface area (Å²) in [6.07, 6.45) is 5.80. The van der Waals surface area contributed by atoms with Crippen LogP contribution in [0.5, 0.6) is 5.75 Å². The van der Waals surface area contributed by atoms with Crippen LogP contribution in [0, 0.1) is 12.8 Å². The lowest BCUT2D eigenvalue weighted by atomic mass is 9.76. The molecule has 2 aliphatic rings. The van der Waals surface area contributed by atoms with E-state index in [4.69, 9.17) is 4.74 Å². The number of ether oxygens (including phenoxy) is 1. The average Bonchev–Trinajstić information content (AvgIpc) is 3.04. The fourth-order valence-electron chi connectivity index (χ4n) is 3.97. The van der Waals surface area contributed by atoms with Crippen LogP contribution in [-0.2, 0) is 0 Å². The van der Waals surface area contributed by atoms with E-state index in [1.165, 1.54) is 22.4 Å². The summed E-state index contributed by atoms with van der Waals surface area (Å²) < 4.78 is 6.72. The summed E-state index contributed by atoms with van der Waals surface area (Å²) in [4.78, 5) is 0. The summed E-state index contributed by atoms with van der Waals surface area (Å²) in [5.41, 5.74) is 5.22. The summed E-state index contributed by atoms with van der Waals surface area (Å²) in [7, 11) is 1.75. The second kappa shape index (κ2) is 5.72. The Kier molecular flexibility index (Phi) is 3.68. The van der Waals surface area contributed by atoms with Crippen LogP contribution in [0.1, 0.15) is 35.1 Å². The Hall–Kier alpha value is -1.74. The molecule has 4 rings (SSSR count). The number of anilines is 1. The molecule has 0 bridgehead atoms. The van der Waals surface area contributed by atoms with E-state index in [1.54, 1.807) is 7.11 Å². The number of hydrogen-bond donors (Lipinski definition) is 1. The van der Waals surface area contributed by atoms with Crippen LogP contribution in [-0.4, -0.2) is 7.11 Å². The summed E-state index contributed by atoms with van der Waals surface area (Å²) >= 11 is 3.61. The summed E-state index contributed by atoms with van der Waals surface area (Å²) in [6, 6.07) is 13.2. The van der Waals surface area contributed by atoms with Crippen molar-refractivity contribution in [3.8, 4) is 5.75 Å². The molecule has 0 amide bonds. The van der Waals surface area contributed by atoms with Crippen LogP contribution >= 0.6 is 15.9 Å². The topological polar surface area (TPSA) is 21.3 Å². The zero-order chi connectivity index (χ0) is 16.0. The normalized spacial score (nSPS) is 24.7. The van der Waals surface area contributed by atoms with Crippen molar-refractivity contribution in [3.63, 3.8) is 0 Å². The predicted octanol–water partition coefficient (Wildman–Crippen LogP) is 5.59. The SMILES string of the molecule is COc1ccc(Br)cc1[C@@H]1Nc2ccc(C)cc2[C@@H]2C=CC[C@@H]21. The summed E-state index contributed by atoms with van der Waals surface area (Å²) in [5.74, 6) is 1.97. The van der Waals surface area contributed by atoms with Gasteiger partial charge in [-0.3, -0.25) is 0 Å². The van der Waals surface area contributed by atoms with Gasteiger partial charge in [-0.1, -0.05) is 45.8 Å². The highest BCUT2D eigenvalue weighted by Gasteiger charge is 2.38. The molecule has 118 valence electrons. The Bertz CT molecular complexity index is 783. The van der Waals surface area contributed by atoms with Crippen LogP contribution in [0.25, 0.3) is 0 Å². The third kappa shape index (κ3) is 2.47. The van der Waals surface area contributed by atoms with E-state index >= 15 is 0 Å². The fourth-order valence-corrected chi connectivity index (χ4v) is 4.35. The number of aryl methyl sites for hydroxylation is 1. The fraction of sp³-hybridized carbons (Fsp3) is 0.300. The van der Waals surface area contributed by atoms with E-state index in [-0.39, 0.29) is 6.04 Å². The number of nitrogens with one attached hydrogen (secondary N) is 1. The molecule has 0 saturated carbocycles. The van der Waals surface area contributed by atoms with Gasteiger partial charge in [-0.2, -0.15) is 0 Å². The van der Waals surface area contributed by atoms with E-state index in [2.05, 4.69) is 64.6 Å². The number of rotatable bonds is 2. The largest absolute Gasteiger partial charge is 0.496 e. The van der Waals surface area contributed by atoms with Gasteiger partial charge in [0, 0.05) is 21.6 Å². The van der Waals surface area contributed by atoms with Crippen molar-refractivity contribution < 1.29 is 4.74 Å². The maximum atomic E-state index is 5.63. The number of fused-ring (bicyclic) bond motifs is 3. The molecule has 3 heteroatoms. The van der Waals surface area contributed by atoms with E-state index < -0.39 is 0 Å². The number of hydrogen-bond acceptors (Lipinski definition) is 2. The van der Waals surface area contributed by atoms with Gasteiger partial charge >= 0.3 is 0 Å². The first-order chi connectivity index (χ1) is 11.2. The average molecular weight is 370 g/mol. The molecular weight excluding hydrogens is 350 g/mol. The van der Waals surface area contributed by atoms with Crippen LogP contribution in [0.15, 0.2) is 53.0 Å². The van der Waals surface area contributed by atoms with Crippen LogP contribution < -0.4 is 10.1 Å². The highest BCUT2D eigenvalue weighted by atomic mass is 79.9. The van der Waals surface area contributed by atoms with E-state index in [9.17, 15) is 0 Å². The lowest BCUT2D eigenvalue weighted by Crippen LogP contribution is -2.29. The highest BCUT2D eigenvalue weighted by Crippen LogP contribution is 2.51. The standard InChI is InChI=1S/C20H20BrNO/c1-12-6-8-18-16(10-12)14-4-3-5-15(14)20(22-18)17-11-13(21)7-9-19(17)23-2/h3-4,6-11,14-15,20,22H,5H2,1-2H3/t14-,15+,20-/m1/s1. The van der Waals surface area contributed by atoms with Crippen molar-refractivity contribution in [3.05, 3.63) is 69.7 Å². The zero-order valence-corrected chi connectivity index (χ0v) is 14.9. The molecule has 1 N–H and O–H groups in total. The maximum Gasteiger partial charge on any atom is 0.124 e. The quantitative estimate of drug-likeness (QED) is 0.696. The van der Waals surface area contributed by atoms with Crippen LogP contribution in [0.2, 0.25) is 0 Å². The molecule has 2 nitrogen and oxygen atoms in total. The molecule has 0 saturated heterocycles. The monoisotopic (exact) mass is 369 g/mol. The number of methoxy groups -OCH3 is 1. The molecule has 2 aromatic carbocycles. The molecule has 1 heterocycles. The van der Waals surface area contributed by atoms with E-state index in [0.29, 0.717) is 11.8 Å². The first kappa shape index (κ1) is 14.8. The van der Waals surface area contributed by atoms with Gasteiger partial charge < -0.3 is 10.1 Å². The minimum atomic E-state index is 0.262. The van der Waals surface area contributed by atoms with Crippen molar-refractivity contribution in [2.75, 3.05) is 12.4 Å². The Morgan fingerprint density at radius 3 is 2.83 bits per heavy atom. The van der Waals surface area contributed by atoms with Gasteiger partial charge in [-0.05, 0) is 49.1 Å². The van der Waals surface area contributed by atoms with Gasteiger partial charge in [-0.15, -0.1) is 0 Å². The molecule has 1 aliphatic carbocycles. The molecule has 0 aromatic heterocycles. The molecule has 0 unspecified atom stereocenters. The summed E-state index contributed by atoms with van der Waals surface area (Å²) in [5, 5.41) is 3.77. The predicted molar refractivity (Wildman–Crippen MR) is 98.2 cm³/mol. The molecule has 3 atom stereocenters. The van der Waals surface area contributed by atoms with Crippen molar-refractivity contribution in [2.24, 2.45) is 5.92 Å². The lowest BCUT2D eigenvalue weighted by molar-refractivity contribution is 0.381. The Morgan fingerprint density at radius 2 is 2.00 bits per heavy atom. The Labute approximate surface area is 145 Å². The molecule has 0 fully saturated rings. The van der Waals surface area contributed by atoms with Gasteiger partial charge in [-0.25, -0.2) is 0 Å². The van der Waals surface area contributed by atoms with E-state index in [0.717, 1.165) is 16.6 Å². The second-order valence-corrected chi connectivity index (χ2v) is 7.37.